The molecule has 1 saturated carbocycles. The minimum absolute atomic E-state index is 0.0216. The average molecular weight is 303 g/mol. The fourth-order valence-electron chi connectivity index (χ4n) is 3.13. The Morgan fingerprint density at radius 2 is 1.82 bits per heavy atom. The number of nitrogens with two attached hydrogens (primary N) is 1. The van der Waals surface area contributed by atoms with Crippen molar-refractivity contribution < 1.29 is 14.9 Å². The predicted octanol–water partition coefficient (Wildman–Crippen LogP) is 2.36. The van der Waals surface area contributed by atoms with Crippen LogP contribution in [0.3, 0.4) is 0 Å². The summed E-state index contributed by atoms with van der Waals surface area (Å²) < 4.78 is 0. The molecule has 3 atom stereocenters. The summed E-state index contributed by atoms with van der Waals surface area (Å²) in [7, 11) is 0. The number of ketones is 1. The van der Waals surface area contributed by atoms with E-state index in [2.05, 4.69) is 17.6 Å². The van der Waals surface area contributed by atoms with Gasteiger partial charge in [-0.15, -0.1) is 0 Å². The molecular weight excluding hydrogens is 276 g/mol. The Balaban J connectivity index is 1.89. The van der Waals surface area contributed by atoms with Gasteiger partial charge in [-0.2, -0.15) is 0 Å². The number of carbonyl (C=O) groups excluding carboxylic acids is 2. The zero-order valence-corrected chi connectivity index (χ0v) is 13.8. The van der Waals surface area contributed by atoms with E-state index < -0.39 is 0 Å². The molecule has 1 aromatic rings. The first-order valence-corrected chi connectivity index (χ1v) is 8.24. The van der Waals surface area contributed by atoms with Crippen LogP contribution in [0, 0.1) is 5.92 Å². The Morgan fingerprint density at radius 3 is 2.41 bits per heavy atom. The lowest BCUT2D eigenvalue weighted by Crippen LogP contribution is -2.97. The summed E-state index contributed by atoms with van der Waals surface area (Å²) >= 11 is 0. The van der Waals surface area contributed by atoms with Gasteiger partial charge < -0.3 is 10.6 Å². The average Bonchev–Trinajstić information content (AvgIpc) is 2.50. The van der Waals surface area contributed by atoms with E-state index >= 15 is 0 Å². The van der Waals surface area contributed by atoms with Gasteiger partial charge in [0.25, 0.3) is 5.91 Å². The van der Waals surface area contributed by atoms with Gasteiger partial charge >= 0.3 is 0 Å². The molecule has 1 amide bonds. The van der Waals surface area contributed by atoms with Crippen LogP contribution in [0.1, 0.15) is 56.8 Å². The monoisotopic (exact) mass is 303 g/mol. The Bertz CT molecular complexity index is 524. The molecule has 0 bridgehead atoms. The van der Waals surface area contributed by atoms with Gasteiger partial charge in [0, 0.05) is 17.2 Å². The van der Waals surface area contributed by atoms with Crippen molar-refractivity contribution in [2.45, 2.75) is 58.5 Å². The van der Waals surface area contributed by atoms with Crippen molar-refractivity contribution in [3.8, 4) is 0 Å². The second kappa shape index (κ2) is 7.54. The normalized spacial score (nSPS) is 22.9. The summed E-state index contributed by atoms with van der Waals surface area (Å²) in [6.07, 6.45) is 5.05. The molecule has 0 radical (unpaired) electrons. The second-order valence-corrected chi connectivity index (χ2v) is 6.53. The van der Waals surface area contributed by atoms with Crippen LogP contribution < -0.4 is 10.6 Å². The molecule has 1 aliphatic rings. The summed E-state index contributed by atoms with van der Waals surface area (Å²) in [4.78, 5) is 23.5. The number of anilines is 1. The van der Waals surface area contributed by atoms with E-state index in [1.165, 1.54) is 32.6 Å². The molecule has 1 aliphatic carbocycles. The molecule has 0 aliphatic heterocycles. The molecule has 0 unspecified atom stereocenters. The third-order valence-corrected chi connectivity index (χ3v) is 4.69. The molecule has 2 rings (SSSR count). The standard InChI is InChI=1S/C18H26N2O2/c1-12-6-4-5-7-17(12)19-13(2)18(22)20-16-10-8-15(9-11-16)14(3)21/h8-13,17,19H,4-7H2,1-3H3,(H,20,22)/p+1/t12-,13-,17+/m0/s1. The van der Waals surface area contributed by atoms with E-state index in [-0.39, 0.29) is 17.7 Å². The molecule has 0 saturated heterocycles. The van der Waals surface area contributed by atoms with E-state index in [1.54, 1.807) is 24.3 Å². The summed E-state index contributed by atoms with van der Waals surface area (Å²) in [5, 5.41) is 5.14. The number of amides is 1. The van der Waals surface area contributed by atoms with Crippen LogP contribution >= 0.6 is 0 Å². The molecule has 1 fully saturated rings. The molecule has 4 nitrogen and oxygen atoms in total. The van der Waals surface area contributed by atoms with E-state index in [0.29, 0.717) is 17.5 Å². The quantitative estimate of drug-likeness (QED) is 0.820. The van der Waals surface area contributed by atoms with Gasteiger partial charge in [0.1, 0.15) is 0 Å². The highest BCUT2D eigenvalue weighted by Gasteiger charge is 2.28. The SMILES string of the molecule is CC(=O)c1ccc(NC(=O)[C@H](C)[NH2+][C@@H]2CCCC[C@@H]2C)cc1. The highest BCUT2D eigenvalue weighted by Crippen LogP contribution is 2.21. The van der Waals surface area contributed by atoms with Crippen molar-refractivity contribution in [1.29, 1.82) is 0 Å². The van der Waals surface area contributed by atoms with Gasteiger partial charge in [0.05, 0.1) is 6.04 Å². The van der Waals surface area contributed by atoms with Crippen LogP contribution in [0.4, 0.5) is 5.69 Å². The fourth-order valence-corrected chi connectivity index (χ4v) is 3.13. The Hall–Kier alpha value is -1.68. The van der Waals surface area contributed by atoms with Crippen LogP contribution in [0.25, 0.3) is 0 Å². The highest BCUT2D eigenvalue weighted by atomic mass is 16.2. The number of nitrogens with one attached hydrogen (secondary N) is 1. The van der Waals surface area contributed by atoms with E-state index in [4.69, 9.17) is 0 Å². The number of benzene rings is 1. The molecule has 120 valence electrons. The second-order valence-electron chi connectivity index (χ2n) is 6.53. The Labute approximate surface area is 132 Å². The van der Waals surface area contributed by atoms with Gasteiger partial charge in [-0.1, -0.05) is 13.3 Å². The molecular formula is C18H27N2O2+. The van der Waals surface area contributed by atoms with Gasteiger partial charge in [-0.25, -0.2) is 0 Å². The number of quaternary nitrogens is 1. The first kappa shape index (κ1) is 16.7. The van der Waals surface area contributed by atoms with Crippen molar-refractivity contribution in [2.75, 3.05) is 5.32 Å². The van der Waals surface area contributed by atoms with Crippen molar-refractivity contribution in [2.24, 2.45) is 5.92 Å². The summed E-state index contributed by atoms with van der Waals surface area (Å²) in [6.45, 7) is 5.78. The number of carbonyl (C=O) groups is 2. The maximum Gasteiger partial charge on any atom is 0.282 e. The zero-order chi connectivity index (χ0) is 16.1. The number of hydrogen-bond acceptors (Lipinski definition) is 2. The lowest BCUT2D eigenvalue weighted by Gasteiger charge is -2.28. The maximum atomic E-state index is 12.3. The minimum atomic E-state index is -0.0990. The zero-order valence-electron chi connectivity index (χ0n) is 13.8. The number of Topliss-reactive ketones (excluding diaryl/α,β-unsaturated/α-hetero) is 1. The smallest absolute Gasteiger partial charge is 0.282 e. The topological polar surface area (TPSA) is 62.8 Å². The maximum absolute atomic E-state index is 12.3. The third-order valence-electron chi connectivity index (χ3n) is 4.69. The number of rotatable bonds is 5. The first-order chi connectivity index (χ1) is 10.5. The van der Waals surface area contributed by atoms with Gasteiger partial charge in [-0.3, -0.25) is 9.59 Å². The fraction of sp³-hybridized carbons (Fsp3) is 0.556. The van der Waals surface area contributed by atoms with Gasteiger partial charge in [0.15, 0.2) is 11.8 Å². The van der Waals surface area contributed by atoms with E-state index in [1.807, 2.05) is 6.92 Å². The molecule has 4 heteroatoms. The van der Waals surface area contributed by atoms with E-state index in [9.17, 15) is 9.59 Å². The number of hydrogen-bond donors (Lipinski definition) is 2. The Morgan fingerprint density at radius 1 is 1.18 bits per heavy atom. The van der Waals surface area contributed by atoms with Crippen molar-refractivity contribution in [3.63, 3.8) is 0 Å². The van der Waals surface area contributed by atoms with Crippen LogP contribution in [0.5, 0.6) is 0 Å². The summed E-state index contributed by atoms with van der Waals surface area (Å²) in [6, 6.07) is 7.51. The van der Waals surface area contributed by atoms with Crippen molar-refractivity contribution >= 4 is 17.4 Å². The molecule has 3 N–H and O–H groups in total. The van der Waals surface area contributed by atoms with Crippen LogP contribution in [0.15, 0.2) is 24.3 Å². The van der Waals surface area contributed by atoms with Gasteiger partial charge in [0.2, 0.25) is 0 Å². The lowest BCUT2D eigenvalue weighted by atomic mass is 9.85. The van der Waals surface area contributed by atoms with Crippen molar-refractivity contribution in [3.05, 3.63) is 29.8 Å². The van der Waals surface area contributed by atoms with Crippen LogP contribution in [-0.4, -0.2) is 23.8 Å². The van der Waals surface area contributed by atoms with E-state index in [0.717, 1.165) is 5.69 Å². The third kappa shape index (κ3) is 4.41. The van der Waals surface area contributed by atoms with Gasteiger partial charge in [-0.05, 0) is 57.4 Å². The minimum Gasteiger partial charge on any atom is -0.334 e. The lowest BCUT2D eigenvalue weighted by molar-refractivity contribution is -0.714. The summed E-state index contributed by atoms with van der Waals surface area (Å²) in [5.41, 5.74) is 1.40. The van der Waals surface area contributed by atoms with Crippen LogP contribution in [0.2, 0.25) is 0 Å². The Kier molecular flexibility index (Phi) is 5.72. The molecule has 22 heavy (non-hydrogen) atoms. The van der Waals surface area contributed by atoms with Crippen LogP contribution in [-0.2, 0) is 4.79 Å². The molecule has 1 aromatic carbocycles. The molecule has 0 heterocycles. The largest absolute Gasteiger partial charge is 0.334 e. The summed E-state index contributed by atoms with van der Waals surface area (Å²) in [5.74, 6) is 0.734. The molecule has 0 aromatic heterocycles. The first-order valence-electron chi connectivity index (χ1n) is 8.24. The predicted molar refractivity (Wildman–Crippen MR) is 87.9 cm³/mol. The highest BCUT2D eigenvalue weighted by molar-refractivity contribution is 5.96. The molecule has 0 spiro atoms. The van der Waals surface area contributed by atoms with Crippen molar-refractivity contribution in [1.82, 2.24) is 0 Å².